The first-order chi connectivity index (χ1) is 12.9. The average molecular weight is 371 g/mol. The Labute approximate surface area is 170 Å². The quantitative estimate of drug-likeness (QED) is 0.427. The standard InChI is InChI=1S/C27H46/c1-19(2)9-8-10-20(3)23-14-15-24-22-13-12-21-11-6-7-17-26(21,4)25(22)16-18-27(23,24)5/h14-15,19-25H,6-13,16-18H2,1-5H3/t20-,21-,22+,23+,24-,25+,26+,27+/m1/s1. The molecule has 0 nitrogen and oxygen atoms in total. The van der Waals surface area contributed by atoms with Gasteiger partial charge >= 0.3 is 0 Å². The first-order valence-electron chi connectivity index (χ1n) is 12.5. The normalized spacial score (nSPS) is 47.4. The van der Waals surface area contributed by atoms with Gasteiger partial charge in [0, 0.05) is 0 Å². The van der Waals surface area contributed by atoms with E-state index in [1.165, 1.54) is 70.6 Å². The Morgan fingerprint density at radius 2 is 1.67 bits per heavy atom. The lowest BCUT2D eigenvalue weighted by molar-refractivity contribution is -0.107. The van der Waals surface area contributed by atoms with Crippen LogP contribution in [0.5, 0.6) is 0 Å². The summed E-state index contributed by atoms with van der Waals surface area (Å²) in [4.78, 5) is 0. The Bertz CT molecular complexity index is 544. The molecule has 8 atom stereocenters. The molecule has 0 aliphatic heterocycles. The van der Waals surface area contributed by atoms with Crippen LogP contribution >= 0.6 is 0 Å². The highest BCUT2D eigenvalue weighted by atomic mass is 14.6. The van der Waals surface area contributed by atoms with Crippen LogP contribution in [0.15, 0.2) is 12.2 Å². The van der Waals surface area contributed by atoms with E-state index >= 15 is 0 Å². The van der Waals surface area contributed by atoms with Crippen molar-refractivity contribution in [2.75, 3.05) is 0 Å². The van der Waals surface area contributed by atoms with E-state index in [-0.39, 0.29) is 0 Å². The van der Waals surface area contributed by atoms with Crippen molar-refractivity contribution in [3.05, 3.63) is 12.2 Å². The minimum absolute atomic E-state index is 0.566. The van der Waals surface area contributed by atoms with Gasteiger partial charge < -0.3 is 0 Å². The van der Waals surface area contributed by atoms with Crippen molar-refractivity contribution in [3.63, 3.8) is 0 Å². The van der Waals surface area contributed by atoms with Gasteiger partial charge in [-0.1, -0.05) is 78.9 Å². The monoisotopic (exact) mass is 370 g/mol. The van der Waals surface area contributed by atoms with Crippen LogP contribution in [-0.2, 0) is 0 Å². The molecular weight excluding hydrogens is 324 g/mol. The van der Waals surface area contributed by atoms with Crippen molar-refractivity contribution in [3.8, 4) is 0 Å². The van der Waals surface area contributed by atoms with Gasteiger partial charge in [-0.25, -0.2) is 0 Å². The Balaban J connectivity index is 1.47. The van der Waals surface area contributed by atoms with Gasteiger partial charge in [-0.15, -0.1) is 0 Å². The minimum atomic E-state index is 0.566. The summed E-state index contributed by atoms with van der Waals surface area (Å²) in [6, 6.07) is 0. The average Bonchev–Trinajstić information content (AvgIpc) is 2.98. The third kappa shape index (κ3) is 3.36. The smallest absolute Gasteiger partial charge is 0.0142 e. The summed E-state index contributed by atoms with van der Waals surface area (Å²) in [7, 11) is 0. The Kier molecular flexibility index (Phi) is 5.59. The molecule has 0 heterocycles. The first-order valence-corrected chi connectivity index (χ1v) is 12.5. The number of hydrogen-bond acceptors (Lipinski definition) is 0. The molecule has 0 amide bonds. The summed E-state index contributed by atoms with van der Waals surface area (Å²) >= 11 is 0. The highest BCUT2D eigenvalue weighted by Gasteiger charge is 2.58. The molecule has 0 radical (unpaired) electrons. The van der Waals surface area contributed by atoms with Crippen molar-refractivity contribution < 1.29 is 0 Å². The summed E-state index contributed by atoms with van der Waals surface area (Å²) in [5.41, 5.74) is 1.24. The zero-order valence-electron chi connectivity index (χ0n) is 19.0. The van der Waals surface area contributed by atoms with Crippen LogP contribution in [-0.4, -0.2) is 0 Å². The maximum atomic E-state index is 2.73. The van der Waals surface area contributed by atoms with Gasteiger partial charge in [0.05, 0.1) is 0 Å². The molecule has 0 saturated heterocycles. The summed E-state index contributed by atoms with van der Waals surface area (Å²) < 4.78 is 0. The van der Waals surface area contributed by atoms with Crippen molar-refractivity contribution >= 4 is 0 Å². The van der Waals surface area contributed by atoms with E-state index in [4.69, 9.17) is 0 Å². The number of hydrogen-bond donors (Lipinski definition) is 0. The summed E-state index contributed by atoms with van der Waals surface area (Å²) in [6.07, 6.45) is 21.9. The highest BCUT2D eigenvalue weighted by Crippen LogP contribution is 2.66. The molecule has 4 aliphatic carbocycles. The topological polar surface area (TPSA) is 0 Å². The van der Waals surface area contributed by atoms with E-state index in [0.717, 1.165) is 41.4 Å². The van der Waals surface area contributed by atoms with Crippen LogP contribution < -0.4 is 0 Å². The summed E-state index contributed by atoms with van der Waals surface area (Å²) in [5, 5.41) is 0. The van der Waals surface area contributed by atoms with Crippen LogP contribution in [0.25, 0.3) is 0 Å². The SMILES string of the molecule is CC(C)CCC[C@@H](C)[C@@H]1C=C[C@@H]2[C@@H]3CC[C@H]4CCCC[C@]4(C)[C@H]3CC[C@]21C. The predicted molar refractivity (Wildman–Crippen MR) is 118 cm³/mol. The van der Waals surface area contributed by atoms with Gasteiger partial charge in [-0.05, 0) is 90.8 Å². The van der Waals surface area contributed by atoms with Gasteiger partial charge in [0.2, 0.25) is 0 Å². The second-order valence-electron chi connectivity index (χ2n) is 12.1. The zero-order valence-corrected chi connectivity index (χ0v) is 19.0. The summed E-state index contributed by atoms with van der Waals surface area (Å²) in [5.74, 6) is 6.52. The minimum Gasteiger partial charge on any atom is -0.0843 e. The maximum absolute atomic E-state index is 2.73. The molecule has 3 saturated carbocycles. The molecule has 0 aromatic heterocycles. The molecule has 154 valence electrons. The lowest BCUT2D eigenvalue weighted by atomic mass is 9.44. The van der Waals surface area contributed by atoms with Crippen LogP contribution in [0.2, 0.25) is 0 Å². The molecule has 3 fully saturated rings. The second kappa shape index (κ2) is 7.53. The molecule has 0 aromatic carbocycles. The molecule has 0 spiro atoms. The Morgan fingerprint density at radius 3 is 2.44 bits per heavy atom. The third-order valence-corrected chi connectivity index (χ3v) is 10.2. The molecule has 0 N–H and O–H groups in total. The van der Waals surface area contributed by atoms with Crippen molar-refractivity contribution in [2.24, 2.45) is 52.3 Å². The lowest BCUT2D eigenvalue weighted by Crippen LogP contribution is -2.53. The largest absolute Gasteiger partial charge is 0.0843 e. The number of allylic oxidation sites excluding steroid dienone is 2. The van der Waals surface area contributed by atoms with Crippen LogP contribution in [0, 0.1) is 52.3 Å². The molecule has 4 aliphatic rings. The maximum Gasteiger partial charge on any atom is -0.0142 e. The van der Waals surface area contributed by atoms with Crippen LogP contribution in [0.3, 0.4) is 0 Å². The molecule has 0 bridgehead atoms. The third-order valence-electron chi connectivity index (χ3n) is 10.2. The van der Waals surface area contributed by atoms with Gasteiger partial charge in [0.15, 0.2) is 0 Å². The predicted octanol–water partition coefficient (Wildman–Crippen LogP) is 8.27. The molecule has 4 rings (SSSR count). The van der Waals surface area contributed by atoms with Gasteiger partial charge in [-0.2, -0.15) is 0 Å². The fourth-order valence-electron chi connectivity index (χ4n) is 8.65. The molecule has 0 heteroatoms. The van der Waals surface area contributed by atoms with Crippen molar-refractivity contribution in [2.45, 2.75) is 105 Å². The van der Waals surface area contributed by atoms with E-state index in [2.05, 4.69) is 46.8 Å². The van der Waals surface area contributed by atoms with E-state index in [1.807, 2.05) is 0 Å². The van der Waals surface area contributed by atoms with Crippen molar-refractivity contribution in [1.29, 1.82) is 0 Å². The fraction of sp³-hybridized carbons (Fsp3) is 0.926. The first kappa shape index (κ1) is 20.0. The Hall–Kier alpha value is -0.260. The fourth-order valence-corrected chi connectivity index (χ4v) is 8.65. The van der Waals surface area contributed by atoms with Gasteiger partial charge in [-0.3, -0.25) is 0 Å². The van der Waals surface area contributed by atoms with Crippen molar-refractivity contribution in [1.82, 2.24) is 0 Å². The highest BCUT2D eigenvalue weighted by molar-refractivity contribution is 5.19. The molecule has 0 aromatic rings. The number of rotatable bonds is 5. The van der Waals surface area contributed by atoms with Crippen LogP contribution in [0.4, 0.5) is 0 Å². The Morgan fingerprint density at radius 1 is 0.852 bits per heavy atom. The lowest BCUT2D eigenvalue weighted by Gasteiger charge is -2.60. The van der Waals surface area contributed by atoms with Gasteiger partial charge in [0.25, 0.3) is 0 Å². The van der Waals surface area contributed by atoms with E-state index in [1.54, 1.807) is 0 Å². The molecule has 27 heavy (non-hydrogen) atoms. The van der Waals surface area contributed by atoms with E-state index < -0.39 is 0 Å². The second-order valence-corrected chi connectivity index (χ2v) is 12.1. The molecular formula is C27H46. The van der Waals surface area contributed by atoms with E-state index in [9.17, 15) is 0 Å². The van der Waals surface area contributed by atoms with Gasteiger partial charge in [0.1, 0.15) is 0 Å². The van der Waals surface area contributed by atoms with E-state index in [0.29, 0.717) is 10.8 Å². The summed E-state index contributed by atoms with van der Waals surface area (Å²) in [6.45, 7) is 12.7. The molecule has 0 unspecified atom stereocenters. The van der Waals surface area contributed by atoms with Crippen LogP contribution in [0.1, 0.15) is 105 Å². The zero-order chi connectivity index (χ0) is 19.2. The number of fused-ring (bicyclic) bond motifs is 5.